The Bertz CT molecular complexity index is 2010. The fraction of sp³-hybridized carbons (Fsp3) is 0.333. The Morgan fingerprint density at radius 1 is 0.774 bits per heavy atom. The monoisotopic (exact) mass is 740 g/mol. The van der Waals surface area contributed by atoms with E-state index in [1.165, 1.54) is 49.4 Å². The Balaban J connectivity index is 1.17. The van der Waals surface area contributed by atoms with E-state index < -0.39 is 96.7 Å². The summed E-state index contributed by atoms with van der Waals surface area (Å²) in [4.78, 5) is 26.0. The summed E-state index contributed by atoms with van der Waals surface area (Å²) >= 11 is 0. The first-order valence-electron chi connectivity index (χ1n) is 16.2. The van der Waals surface area contributed by atoms with Crippen LogP contribution in [0.3, 0.4) is 0 Å². The Morgan fingerprint density at radius 3 is 2.09 bits per heavy atom. The number of ether oxygens (including phenoxy) is 5. The highest BCUT2D eigenvalue weighted by Gasteiger charge is 2.50. The van der Waals surface area contributed by atoms with Gasteiger partial charge in [-0.3, -0.25) is 4.79 Å². The van der Waals surface area contributed by atoms with Crippen molar-refractivity contribution in [1.29, 1.82) is 0 Å². The third-order valence-electron chi connectivity index (χ3n) is 8.71. The second kappa shape index (κ2) is 15.4. The lowest BCUT2D eigenvalue weighted by molar-refractivity contribution is -0.349. The Morgan fingerprint density at radius 2 is 1.42 bits per heavy atom. The molecule has 9 N–H and O–H groups in total. The number of rotatable bonds is 9. The highest BCUT2D eigenvalue weighted by molar-refractivity contribution is 5.88. The number of carbonyl (C=O) groups is 1. The first kappa shape index (κ1) is 37.5. The van der Waals surface area contributed by atoms with Crippen molar-refractivity contribution in [3.63, 3.8) is 0 Å². The van der Waals surface area contributed by atoms with E-state index >= 15 is 0 Å². The van der Waals surface area contributed by atoms with Crippen molar-refractivity contribution >= 4 is 23.0 Å². The van der Waals surface area contributed by atoms with Crippen LogP contribution in [-0.2, 0) is 23.7 Å². The number of phenols is 4. The molecule has 0 radical (unpaired) electrons. The summed E-state index contributed by atoms with van der Waals surface area (Å²) in [7, 11) is 0. The van der Waals surface area contributed by atoms with Crippen molar-refractivity contribution in [3.8, 4) is 40.1 Å². The molecule has 53 heavy (non-hydrogen) atoms. The molecule has 4 aromatic rings. The van der Waals surface area contributed by atoms with E-state index in [2.05, 4.69) is 0 Å². The van der Waals surface area contributed by atoms with E-state index in [-0.39, 0.29) is 33.8 Å². The molecule has 2 saturated heterocycles. The van der Waals surface area contributed by atoms with Gasteiger partial charge in [0, 0.05) is 23.8 Å². The van der Waals surface area contributed by atoms with E-state index in [1.54, 1.807) is 12.1 Å². The zero-order valence-electron chi connectivity index (χ0n) is 27.7. The molecule has 3 aromatic carbocycles. The van der Waals surface area contributed by atoms with E-state index in [0.717, 1.165) is 18.2 Å². The number of carbonyl (C=O) groups excluding carboxylic acids is 1. The predicted octanol–water partition coefficient (Wildman–Crippen LogP) is 0.577. The molecule has 0 spiro atoms. The van der Waals surface area contributed by atoms with Crippen molar-refractivity contribution < 1.29 is 78.9 Å². The van der Waals surface area contributed by atoms with Crippen molar-refractivity contribution in [1.82, 2.24) is 0 Å². The average Bonchev–Trinajstić information content (AvgIpc) is 3.12. The molecule has 3 heterocycles. The van der Waals surface area contributed by atoms with Crippen molar-refractivity contribution in [2.75, 3.05) is 6.61 Å². The average molecular weight is 741 g/mol. The summed E-state index contributed by atoms with van der Waals surface area (Å²) in [5.41, 5.74) is -0.363. The molecule has 0 bridgehead atoms. The number of aliphatic hydroxyl groups excluding tert-OH is 5. The van der Waals surface area contributed by atoms with Crippen LogP contribution >= 0.6 is 0 Å². The maximum absolute atomic E-state index is 13.7. The maximum atomic E-state index is 13.7. The van der Waals surface area contributed by atoms with Crippen molar-refractivity contribution in [2.24, 2.45) is 0 Å². The second-order valence-electron chi connectivity index (χ2n) is 12.5. The minimum absolute atomic E-state index is 0.0378. The lowest BCUT2D eigenvalue weighted by Crippen LogP contribution is -2.64. The lowest BCUT2D eigenvalue weighted by atomic mass is 9.97. The molecule has 10 atom stereocenters. The molecule has 2 aliphatic rings. The topological polar surface area (TPSA) is 275 Å². The van der Waals surface area contributed by atoms with Crippen LogP contribution in [0.1, 0.15) is 12.5 Å². The highest BCUT2D eigenvalue weighted by atomic mass is 16.7. The van der Waals surface area contributed by atoms with Crippen molar-refractivity contribution in [2.45, 2.75) is 68.3 Å². The minimum Gasteiger partial charge on any atom is -0.508 e. The zero-order valence-corrected chi connectivity index (χ0v) is 27.7. The maximum Gasteiger partial charge on any atom is 0.330 e. The number of phenolic OH excluding ortho intramolecular Hbond substituents is 4. The molecule has 17 nitrogen and oxygen atoms in total. The Kier molecular flexibility index (Phi) is 10.9. The van der Waals surface area contributed by atoms with Gasteiger partial charge in [0.25, 0.3) is 0 Å². The molecular formula is C36H36O17. The minimum atomic E-state index is -1.94. The van der Waals surface area contributed by atoms with Gasteiger partial charge in [-0.05, 0) is 55.0 Å². The fourth-order valence-electron chi connectivity index (χ4n) is 5.87. The van der Waals surface area contributed by atoms with Gasteiger partial charge in [-0.2, -0.15) is 0 Å². The molecular weight excluding hydrogens is 704 g/mol. The van der Waals surface area contributed by atoms with Gasteiger partial charge in [-0.1, -0.05) is 12.1 Å². The molecule has 0 amide bonds. The van der Waals surface area contributed by atoms with Crippen LogP contribution in [0.5, 0.6) is 28.7 Å². The lowest BCUT2D eigenvalue weighted by Gasteiger charge is -2.45. The van der Waals surface area contributed by atoms with Gasteiger partial charge in [0.05, 0.1) is 6.10 Å². The van der Waals surface area contributed by atoms with E-state index in [9.17, 15) is 55.5 Å². The molecule has 0 saturated carbocycles. The van der Waals surface area contributed by atoms with E-state index in [0.29, 0.717) is 5.56 Å². The highest BCUT2D eigenvalue weighted by Crippen LogP contribution is 2.38. The predicted molar refractivity (Wildman–Crippen MR) is 180 cm³/mol. The van der Waals surface area contributed by atoms with Crippen LogP contribution in [0.4, 0.5) is 0 Å². The standard InChI is InChI=1S/C36H36O17/c1-15-32(52-36-30(46)28(44)26(42)23(51-36)14-48-24(41)11-4-16-2-7-18(37)8-3-16)29(45)31(47)35(49-15)53-34-27(43)25-21(40)12-20(39)13-22(25)50-33(34)17-5-9-19(38)10-6-17/h2-13,15,23,26,28-32,35-40,42,44-47H,14H2,1H3. The number of aromatic hydroxyl groups is 4. The number of hydrogen-bond donors (Lipinski definition) is 9. The first-order valence-corrected chi connectivity index (χ1v) is 16.2. The Labute approximate surface area is 299 Å². The van der Waals surface area contributed by atoms with Crippen LogP contribution in [0.25, 0.3) is 28.4 Å². The number of fused-ring (bicyclic) bond motifs is 1. The third kappa shape index (κ3) is 7.92. The molecule has 6 rings (SSSR count). The zero-order chi connectivity index (χ0) is 38.1. The van der Waals surface area contributed by atoms with Gasteiger partial charge < -0.3 is 74.1 Å². The fourth-order valence-corrected chi connectivity index (χ4v) is 5.87. The molecule has 1 aromatic heterocycles. The summed E-state index contributed by atoms with van der Waals surface area (Å²) in [6.07, 6.45) is -14.3. The number of esters is 1. The van der Waals surface area contributed by atoms with Crippen LogP contribution in [0.2, 0.25) is 0 Å². The van der Waals surface area contributed by atoms with Gasteiger partial charge in [-0.15, -0.1) is 0 Å². The van der Waals surface area contributed by atoms with Gasteiger partial charge in [0.1, 0.15) is 83.3 Å². The molecule has 0 aliphatic carbocycles. The molecule has 17 heteroatoms. The van der Waals surface area contributed by atoms with Crippen LogP contribution in [-0.4, -0.2) is 120 Å². The quantitative estimate of drug-likeness (QED) is 0.0838. The molecule has 10 unspecified atom stereocenters. The van der Waals surface area contributed by atoms with Crippen LogP contribution in [0, 0.1) is 0 Å². The molecule has 2 aliphatic heterocycles. The first-order chi connectivity index (χ1) is 25.2. The van der Waals surface area contributed by atoms with Crippen LogP contribution < -0.4 is 10.2 Å². The SMILES string of the molecule is CC1OC(Oc2c(-c3ccc(O)cc3)oc3cc(O)cc(O)c3c2=O)C(O)C(O)C1OC1OC(COC(=O)C=Cc2ccc(O)cc2)C(O)C(O)C1O. The number of benzene rings is 3. The summed E-state index contributed by atoms with van der Waals surface area (Å²) in [5.74, 6) is -2.76. The van der Waals surface area contributed by atoms with Crippen LogP contribution in [0.15, 0.2) is 76.0 Å². The number of aliphatic hydroxyl groups is 5. The van der Waals surface area contributed by atoms with Crippen molar-refractivity contribution in [3.05, 3.63) is 82.5 Å². The third-order valence-corrected chi connectivity index (χ3v) is 8.71. The van der Waals surface area contributed by atoms with E-state index in [4.69, 9.17) is 28.1 Å². The number of hydrogen-bond acceptors (Lipinski definition) is 17. The van der Waals surface area contributed by atoms with Gasteiger partial charge in [-0.25, -0.2) is 4.79 Å². The normalized spacial score (nSPS) is 28.9. The molecule has 2 fully saturated rings. The van der Waals surface area contributed by atoms with Gasteiger partial charge >= 0.3 is 5.97 Å². The summed E-state index contributed by atoms with van der Waals surface area (Å²) < 4.78 is 33.9. The van der Waals surface area contributed by atoms with Gasteiger partial charge in [0.15, 0.2) is 12.1 Å². The van der Waals surface area contributed by atoms with Gasteiger partial charge in [0.2, 0.25) is 17.5 Å². The van der Waals surface area contributed by atoms with E-state index in [1.807, 2.05) is 0 Å². The largest absolute Gasteiger partial charge is 0.508 e. The Hall–Kier alpha value is -5.24. The summed E-state index contributed by atoms with van der Waals surface area (Å²) in [6.45, 7) is 0.808. The second-order valence-corrected chi connectivity index (χ2v) is 12.5. The summed E-state index contributed by atoms with van der Waals surface area (Å²) in [5, 5.41) is 93.2. The smallest absolute Gasteiger partial charge is 0.330 e. The molecule has 282 valence electrons. The summed E-state index contributed by atoms with van der Waals surface area (Å²) in [6, 6.07) is 13.3.